The number of hydrogen-bond acceptors (Lipinski definition) is 6. The van der Waals surface area contributed by atoms with E-state index in [0.717, 1.165) is 12.8 Å². The zero-order valence-electron chi connectivity index (χ0n) is 15.6. The fraction of sp³-hybridized carbons (Fsp3) is 0.824. The summed E-state index contributed by atoms with van der Waals surface area (Å²) in [4.78, 5) is 39.1. The standard InChI is InChI=1S/C17H28N2O5S/c1-6-7-8-17(18-15(22)24-16(2,3)4)9-12-19(14(17)21)11(10-25-12)13(20)23-5/h11-12H,6-10H2,1-5H3,(H,18,22)/t11-,12+,17-/m1/s1. The summed E-state index contributed by atoms with van der Waals surface area (Å²) in [5.74, 6) is -0.0940. The maximum absolute atomic E-state index is 13.2. The van der Waals surface area contributed by atoms with Crippen molar-refractivity contribution in [3.63, 3.8) is 0 Å². The molecule has 2 fully saturated rings. The van der Waals surface area contributed by atoms with Gasteiger partial charge in [-0.15, -0.1) is 11.8 Å². The molecular formula is C17H28N2O5S. The van der Waals surface area contributed by atoms with E-state index in [1.54, 1.807) is 37.4 Å². The SMILES string of the molecule is CCCC[C@@]1(NC(=O)OC(C)(C)C)C[C@@H]2SC[C@H](C(=O)OC)N2C1=O. The zero-order chi connectivity index (χ0) is 18.8. The molecule has 0 radical (unpaired) electrons. The summed E-state index contributed by atoms with van der Waals surface area (Å²) < 4.78 is 10.2. The van der Waals surface area contributed by atoms with E-state index in [1.807, 2.05) is 6.92 Å². The van der Waals surface area contributed by atoms with Crippen molar-refractivity contribution in [3.8, 4) is 0 Å². The minimum atomic E-state index is -1.01. The van der Waals surface area contributed by atoms with Gasteiger partial charge in [0.1, 0.15) is 17.2 Å². The van der Waals surface area contributed by atoms with Crippen molar-refractivity contribution in [2.24, 2.45) is 0 Å². The summed E-state index contributed by atoms with van der Waals surface area (Å²) in [5.41, 5.74) is -1.65. The van der Waals surface area contributed by atoms with Gasteiger partial charge in [-0.1, -0.05) is 19.8 Å². The first-order valence-corrected chi connectivity index (χ1v) is 9.72. The first-order chi connectivity index (χ1) is 11.6. The summed E-state index contributed by atoms with van der Waals surface area (Å²) in [7, 11) is 1.32. The van der Waals surface area contributed by atoms with Crippen LogP contribution in [0.15, 0.2) is 0 Å². The third-order valence-electron chi connectivity index (χ3n) is 4.43. The summed E-state index contributed by atoms with van der Waals surface area (Å²) in [6.45, 7) is 7.38. The first-order valence-electron chi connectivity index (χ1n) is 8.67. The summed E-state index contributed by atoms with van der Waals surface area (Å²) >= 11 is 1.56. The van der Waals surface area contributed by atoms with Crippen molar-refractivity contribution in [2.45, 2.75) is 75.9 Å². The number of methoxy groups -OCH3 is 1. The number of amides is 2. The third-order valence-corrected chi connectivity index (χ3v) is 5.72. The Balaban J connectivity index is 2.22. The molecule has 25 heavy (non-hydrogen) atoms. The Bertz CT molecular complexity index is 548. The van der Waals surface area contributed by atoms with Crippen molar-refractivity contribution in [2.75, 3.05) is 12.9 Å². The number of carbonyl (C=O) groups is 3. The van der Waals surface area contributed by atoms with Crippen LogP contribution in [0.25, 0.3) is 0 Å². The second-order valence-electron chi connectivity index (χ2n) is 7.56. The minimum absolute atomic E-state index is 0.122. The van der Waals surface area contributed by atoms with Gasteiger partial charge < -0.3 is 19.7 Å². The average molecular weight is 372 g/mol. The molecule has 0 unspecified atom stereocenters. The molecule has 0 aromatic heterocycles. The number of thioether (sulfide) groups is 1. The number of esters is 1. The van der Waals surface area contributed by atoms with Gasteiger partial charge in [0.25, 0.3) is 0 Å². The molecule has 0 aromatic carbocycles. The number of fused-ring (bicyclic) bond motifs is 1. The molecule has 2 rings (SSSR count). The molecule has 2 saturated heterocycles. The highest BCUT2D eigenvalue weighted by Gasteiger charge is 2.58. The lowest BCUT2D eigenvalue weighted by atomic mass is 9.91. The van der Waals surface area contributed by atoms with E-state index in [9.17, 15) is 14.4 Å². The lowest BCUT2D eigenvalue weighted by Gasteiger charge is -2.31. The maximum atomic E-state index is 13.2. The van der Waals surface area contributed by atoms with Crippen LogP contribution in [0, 0.1) is 0 Å². The van der Waals surface area contributed by atoms with Gasteiger partial charge in [0.05, 0.1) is 12.5 Å². The van der Waals surface area contributed by atoms with Gasteiger partial charge in [0.2, 0.25) is 5.91 Å². The Morgan fingerprint density at radius 2 is 2.08 bits per heavy atom. The average Bonchev–Trinajstić information content (AvgIpc) is 3.02. The van der Waals surface area contributed by atoms with Crippen molar-refractivity contribution in [1.29, 1.82) is 0 Å². The second kappa shape index (κ2) is 7.43. The fourth-order valence-corrected chi connectivity index (χ4v) is 4.80. The topological polar surface area (TPSA) is 84.9 Å². The van der Waals surface area contributed by atoms with Crippen LogP contribution < -0.4 is 5.32 Å². The maximum Gasteiger partial charge on any atom is 0.408 e. The minimum Gasteiger partial charge on any atom is -0.467 e. The van der Waals surface area contributed by atoms with E-state index in [4.69, 9.17) is 9.47 Å². The fourth-order valence-electron chi connectivity index (χ4n) is 3.30. The van der Waals surface area contributed by atoms with E-state index in [2.05, 4.69) is 5.32 Å². The van der Waals surface area contributed by atoms with Crippen LogP contribution in [0.1, 0.15) is 53.4 Å². The molecule has 0 saturated carbocycles. The molecule has 2 amide bonds. The van der Waals surface area contributed by atoms with Gasteiger partial charge in [-0.3, -0.25) is 4.79 Å². The molecule has 0 aromatic rings. The zero-order valence-corrected chi connectivity index (χ0v) is 16.4. The molecule has 0 spiro atoms. The highest BCUT2D eigenvalue weighted by Crippen LogP contribution is 2.44. The molecule has 2 heterocycles. The van der Waals surface area contributed by atoms with Crippen LogP contribution in [0.5, 0.6) is 0 Å². The van der Waals surface area contributed by atoms with E-state index < -0.39 is 29.2 Å². The molecule has 142 valence electrons. The Kier molecular flexibility index (Phi) is 5.91. The lowest BCUT2D eigenvalue weighted by Crippen LogP contribution is -2.57. The van der Waals surface area contributed by atoms with Crippen molar-refractivity contribution >= 4 is 29.7 Å². The Morgan fingerprint density at radius 1 is 1.40 bits per heavy atom. The number of rotatable bonds is 5. The molecule has 2 aliphatic rings. The number of hydrogen-bond donors (Lipinski definition) is 1. The van der Waals surface area contributed by atoms with Gasteiger partial charge in [-0.2, -0.15) is 0 Å². The van der Waals surface area contributed by atoms with E-state index >= 15 is 0 Å². The number of unbranched alkanes of at least 4 members (excludes halogenated alkanes) is 1. The van der Waals surface area contributed by atoms with Crippen molar-refractivity contribution in [1.82, 2.24) is 10.2 Å². The van der Waals surface area contributed by atoms with Crippen molar-refractivity contribution in [3.05, 3.63) is 0 Å². The van der Waals surface area contributed by atoms with Crippen LogP contribution >= 0.6 is 11.8 Å². The molecule has 3 atom stereocenters. The molecule has 0 bridgehead atoms. The van der Waals surface area contributed by atoms with Gasteiger partial charge in [0, 0.05) is 12.2 Å². The molecular weight excluding hydrogens is 344 g/mol. The quantitative estimate of drug-likeness (QED) is 0.746. The van der Waals surface area contributed by atoms with Crippen molar-refractivity contribution < 1.29 is 23.9 Å². The molecule has 8 heteroatoms. The largest absolute Gasteiger partial charge is 0.467 e. The van der Waals surface area contributed by atoms with Crippen LogP contribution in [-0.4, -0.2) is 58.3 Å². The van der Waals surface area contributed by atoms with Crippen LogP contribution in [-0.2, 0) is 19.1 Å². The van der Waals surface area contributed by atoms with Gasteiger partial charge in [-0.05, 0) is 27.2 Å². The monoisotopic (exact) mass is 372 g/mol. The van der Waals surface area contributed by atoms with Gasteiger partial charge >= 0.3 is 12.1 Å². The van der Waals surface area contributed by atoms with Gasteiger partial charge in [0.15, 0.2) is 0 Å². The summed E-state index contributed by atoms with van der Waals surface area (Å²) in [6.07, 6.45) is 2.11. The second-order valence-corrected chi connectivity index (χ2v) is 8.77. The number of ether oxygens (including phenoxy) is 2. The Labute approximate surface area is 153 Å². The third kappa shape index (κ3) is 4.22. The smallest absolute Gasteiger partial charge is 0.408 e. The molecule has 1 N–H and O–H groups in total. The Hall–Kier alpha value is -1.44. The highest BCUT2D eigenvalue weighted by atomic mass is 32.2. The predicted octanol–water partition coefficient (Wildman–Crippen LogP) is 2.29. The van der Waals surface area contributed by atoms with Crippen LogP contribution in [0.2, 0.25) is 0 Å². The number of carbonyl (C=O) groups excluding carboxylic acids is 3. The lowest BCUT2D eigenvalue weighted by molar-refractivity contribution is -0.151. The summed E-state index contributed by atoms with van der Waals surface area (Å²) in [6, 6.07) is -0.587. The number of nitrogens with one attached hydrogen (secondary N) is 1. The molecule has 7 nitrogen and oxygen atoms in total. The normalized spacial score (nSPS) is 28.7. The summed E-state index contributed by atoms with van der Waals surface area (Å²) in [5, 5.41) is 2.70. The van der Waals surface area contributed by atoms with E-state index in [-0.39, 0.29) is 11.3 Å². The van der Waals surface area contributed by atoms with Crippen LogP contribution in [0.3, 0.4) is 0 Å². The van der Waals surface area contributed by atoms with Crippen LogP contribution in [0.4, 0.5) is 4.79 Å². The van der Waals surface area contributed by atoms with E-state index in [0.29, 0.717) is 18.6 Å². The number of nitrogens with zero attached hydrogens (tertiary/aromatic N) is 1. The molecule has 2 aliphatic heterocycles. The van der Waals surface area contributed by atoms with Gasteiger partial charge in [-0.25, -0.2) is 9.59 Å². The highest BCUT2D eigenvalue weighted by molar-refractivity contribution is 8.00. The first kappa shape index (κ1) is 19.9. The number of alkyl carbamates (subject to hydrolysis) is 1. The predicted molar refractivity (Wildman–Crippen MR) is 95.1 cm³/mol. The van der Waals surface area contributed by atoms with E-state index in [1.165, 1.54) is 7.11 Å². The molecule has 0 aliphatic carbocycles. The Morgan fingerprint density at radius 3 is 2.64 bits per heavy atom.